The quantitative estimate of drug-likeness (QED) is 0.836. The molecule has 1 aliphatic heterocycles. The fourth-order valence-electron chi connectivity index (χ4n) is 3.16. The van der Waals surface area contributed by atoms with Crippen molar-refractivity contribution in [1.82, 2.24) is 5.32 Å². The van der Waals surface area contributed by atoms with E-state index in [1.54, 1.807) is 0 Å². The molecule has 1 heterocycles. The van der Waals surface area contributed by atoms with Crippen molar-refractivity contribution in [2.24, 2.45) is 17.6 Å². The van der Waals surface area contributed by atoms with Crippen molar-refractivity contribution >= 4 is 18.3 Å². The molecule has 1 aromatic rings. The van der Waals surface area contributed by atoms with E-state index in [1.165, 1.54) is 0 Å². The second kappa shape index (κ2) is 9.91. The number of hydrogen-bond donors (Lipinski definition) is 2. The lowest BCUT2D eigenvalue weighted by Crippen LogP contribution is -2.41. The largest absolute Gasteiger partial charge is 0.378 e. The van der Waals surface area contributed by atoms with Crippen LogP contribution in [0.3, 0.4) is 0 Å². The van der Waals surface area contributed by atoms with Gasteiger partial charge >= 0.3 is 0 Å². The Bertz CT molecular complexity index is 467. The summed E-state index contributed by atoms with van der Waals surface area (Å²) in [6.07, 6.45) is 2.77. The first-order chi connectivity index (χ1) is 10.6. The summed E-state index contributed by atoms with van der Waals surface area (Å²) in [5, 5.41) is 3.04. The molecular weight excluding hydrogens is 312 g/mol. The topological polar surface area (TPSA) is 64.3 Å². The highest BCUT2D eigenvalue weighted by atomic mass is 35.5. The van der Waals surface area contributed by atoms with Crippen molar-refractivity contribution in [2.45, 2.75) is 45.3 Å². The predicted octanol–water partition coefficient (Wildman–Crippen LogP) is 3.07. The summed E-state index contributed by atoms with van der Waals surface area (Å²) in [6, 6.07) is 9.51. The van der Waals surface area contributed by atoms with E-state index in [4.69, 9.17) is 10.5 Å². The van der Waals surface area contributed by atoms with Crippen LogP contribution in [-0.2, 0) is 9.53 Å². The van der Waals surface area contributed by atoms with Crippen LogP contribution in [0.1, 0.15) is 44.7 Å². The maximum absolute atomic E-state index is 12.1. The SMILES string of the molecule is CC(C)C1OCCCC1CNC(=O)CC(N)c1ccccc1.Cl. The number of carbonyl (C=O) groups excluding carboxylic acids is 1. The van der Waals surface area contributed by atoms with Gasteiger partial charge in [-0.05, 0) is 24.3 Å². The lowest BCUT2D eigenvalue weighted by molar-refractivity contribution is -0.122. The molecule has 0 aliphatic carbocycles. The first kappa shape index (κ1) is 19.9. The zero-order valence-corrected chi connectivity index (χ0v) is 14.9. The van der Waals surface area contributed by atoms with Gasteiger partial charge in [0.1, 0.15) is 0 Å². The number of hydrogen-bond acceptors (Lipinski definition) is 3. The number of halogens is 1. The zero-order valence-electron chi connectivity index (χ0n) is 14.0. The van der Waals surface area contributed by atoms with Crippen molar-refractivity contribution < 1.29 is 9.53 Å². The first-order valence-electron chi connectivity index (χ1n) is 8.26. The molecule has 4 nitrogen and oxygen atoms in total. The van der Waals surface area contributed by atoms with Crippen LogP contribution >= 0.6 is 12.4 Å². The van der Waals surface area contributed by atoms with Crippen molar-refractivity contribution in [3.63, 3.8) is 0 Å². The summed E-state index contributed by atoms with van der Waals surface area (Å²) in [5.41, 5.74) is 7.09. The van der Waals surface area contributed by atoms with Gasteiger partial charge in [-0.3, -0.25) is 4.79 Å². The van der Waals surface area contributed by atoms with Crippen LogP contribution in [0.2, 0.25) is 0 Å². The molecule has 0 saturated carbocycles. The Labute approximate surface area is 145 Å². The molecule has 3 N–H and O–H groups in total. The van der Waals surface area contributed by atoms with Gasteiger partial charge in [0.05, 0.1) is 6.10 Å². The molecule has 1 aromatic carbocycles. The molecule has 1 aliphatic rings. The number of amides is 1. The minimum Gasteiger partial charge on any atom is -0.378 e. The lowest BCUT2D eigenvalue weighted by atomic mass is 9.87. The molecule has 1 amide bonds. The number of benzene rings is 1. The van der Waals surface area contributed by atoms with Crippen LogP contribution < -0.4 is 11.1 Å². The van der Waals surface area contributed by atoms with E-state index < -0.39 is 0 Å². The fourth-order valence-corrected chi connectivity index (χ4v) is 3.16. The third kappa shape index (κ3) is 6.13. The maximum atomic E-state index is 12.1. The van der Waals surface area contributed by atoms with Crippen LogP contribution in [0.25, 0.3) is 0 Å². The van der Waals surface area contributed by atoms with Crippen LogP contribution in [0, 0.1) is 11.8 Å². The van der Waals surface area contributed by atoms with E-state index in [-0.39, 0.29) is 30.5 Å². The molecule has 0 radical (unpaired) electrons. The van der Waals surface area contributed by atoms with E-state index >= 15 is 0 Å². The predicted molar refractivity (Wildman–Crippen MR) is 95.5 cm³/mol. The van der Waals surface area contributed by atoms with Crippen LogP contribution in [0.4, 0.5) is 0 Å². The highest BCUT2D eigenvalue weighted by Gasteiger charge is 2.28. The molecule has 1 fully saturated rings. The molecule has 23 heavy (non-hydrogen) atoms. The Morgan fingerprint density at radius 1 is 1.35 bits per heavy atom. The van der Waals surface area contributed by atoms with E-state index in [1.807, 2.05) is 30.3 Å². The van der Waals surface area contributed by atoms with Crippen LogP contribution in [-0.4, -0.2) is 25.2 Å². The number of ether oxygens (including phenoxy) is 1. The molecule has 0 bridgehead atoms. The number of nitrogens with one attached hydrogen (secondary N) is 1. The fraction of sp³-hybridized carbons (Fsp3) is 0.611. The van der Waals surface area contributed by atoms with E-state index in [2.05, 4.69) is 19.2 Å². The molecule has 2 rings (SSSR count). The van der Waals surface area contributed by atoms with E-state index in [0.717, 1.165) is 25.0 Å². The van der Waals surface area contributed by atoms with E-state index in [9.17, 15) is 4.79 Å². The van der Waals surface area contributed by atoms with E-state index in [0.29, 0.717) is 24.8 Å². The van der Waals surface area contributed by atoms with Crippen molar-refractivity contribution in [2.75, 3.05) is 13.2 Å². The standard InChI is InChI=1S/C18H28N2O2.ClH/c1-13(2)18-15(9-6-10-22-18)12-20-17(21)11-16(19)14-7-4-3-5-8-14;/h3-5,7-8,13,15-16,18H,6,9-12,19H2,1-2H3,(H,20,21);1H. The van der Waals surface area contributed by atoms with Gasteiger partial charge in [-0.1, -0.05) is 44.2 Å². The number of rotatable bonds is 6. The smallest absolute Gasteiger partial charge is 0.221 e. The molecule has 0 spiro atoms. The van der Waals surface area contributed by atoms with Gasteiger partial charge in [-0.25, -0.2) is 0 Å². The van der Waals surface area contributed by atoms with Crippen LogP contribution in [0.5, 0.6) is 0 Å². The summed E-state index contributed by atoms with van der Waals surface area (Å²) in [4.78, 5) is 12.1. The molecule has 3 unspecified atom stereocenters. The van der Waals surface area contributed by atoms with Crippen molar-refractivity contribution in [3.05, 3.63) is 35.9 Å². The van der Waals surface area contributed by atoms with Crippen molar-refractivity contribution in [3.8, 4) is 0 Å². The molecule has 5 heteroatoms. The normalized spacial score (nSPS) is 22.3. The van der Waals surface area contributed by atoms with Gasteiger partial charge in [0.15, 0.2) is 0 Å². The van der Waals surface area contributed by atoms with Gasteiger partial charge in [-0.15, -0.1) is 12.4 Å². The molecule has 130 valence electrons. The highest BCUT2D eigenvalue weighted by molar-refractivity contribution is 5.85. The second-order valence-electron chi connectivity index (χ2n) is 6.51. The Hall–Kier alpha value is -1.10. The molecule has 3 atom stereocenters. The second-order valence-corrected chi connectivity index (χ2v) is 6.51. The summed E-state index contributed by atoms with van der Waals surface area (Å²) in [7, 11) is 0. The third-order valence-corrected chi connectivity index (χ3v) is 4.35. The highest BCUT2D eigenvalue weighted by Crippen LogP contribution is 2.25. The number of nitrogens with two attached hydrogens (primary N) is 1. The van der Waals surface area contributed by atoms with Crippen molar-refractivity contribution in [1.29, 1.82) is 0 Å². The summed E-state index contributed by atoms with van der Waals surface area (Å²) in [6.45, 7) is 5.88. The summed E-state index contributed by atoms with van der Waals surface area (Å²) < 4.78 is 5.86. The lowest BCUT2D eigenvalue weighted by Gasteiger charge is -2.34. The Balaban J connectivity index is 0.00000264. The average molecular weight is 341 g/mol. The van der Waals surface area contributed by atoms with Crippen LogP contribution in [0.15, 0.2) is 30.3 Å². The number of carbonyl (C=O) groups is 1. The minimum absolute atomic E-state index is 0. The monoisotopic (exact) mass is 340 g/mol. The first-order valence-corrected chi connectivity index (χ1v) is 8.26. The van der Waals surface area contributed by atoms with Gasteiger partial charge in [-0.2, -0.15) is 0 Å². The van der Waals surface area contributed by atoms with Gasteiger partial charge in [0.25, 0.3) is 0 Å². The maximum Gasteiger partial charge on any atom is 0.221 e. The Kier molecular flexibility index (Phi) is 8.59. The molecular formula is C18H29ClN2O2. The summed E-state index contributed by atoms with van der Waals surface area (Å²) in [5.74, 6) is 0.906. The van der Waals surface area contributed by atoms with Gasteiger partial charge in [0, 0.05) is 31.5 Å². The average Bonchev–Trinajstić information content (AvgIpc) is 2.54. The Morgan fingerprint density at radius 3 is 2.70 bits per heavy atom. The zero-order chi connectivity index (χ0) is 15.9. The minimum atomic E-state index is -0.246. The van der Waals surface area contributed by atoms with Gasteiger partial charge in [0.2, 0.25) is 5.91 Å². The molecule has 0 aromatic heterocycles. The third-order valence-electron chi connectivity index (χ3n) is 4.35. The summed E-state index contributed by atoms with van der Waals surface area (Å²) >= 11 is 0. The van der Waals surface area contributed by atoms with Gasteiger partial charge < -0.3 is 15.8 Å². The Morgan fingerprint density at radius 2 is 2.04 bits per heavy atom. The molecule has 1 saturated heterocycles.